The fraction of sp³-hybridized carbons (Fsp3) is 0.333. The van der Waals surface area contributed by atoms with E-state index in [2.05, 4.69) is 10.2 Å². The van der Waals surface area contributed by atoms with Gasteiger partial charge in [0.1, 0.15) is 0 Å². The molecule has 0 atom stereocenters. The Kier molecular flexibility index (Phi) is 8.22. The molecule has 3 rings (SSSR count). The Bertz CT molecular complexity index is 808. The van der Waals surface area contributed by atoms with E-state index in [1.165, 1.54) is 11.8 Å². The number of amides is 1. The summed E-state index contributed by atoms with van der Waals surface area (Å²) in [5.41, 5.74) is 1.76. The molecular weight excluding hydrogens is 412 g/mol. The van der Waals surface area contributed by atoms with E-state index in [0.29, 0.717) is 16.5 Å². The summed E-state index contributed by atoms with van der Waals surface area (Å²) in [6.07, 6.45) is 0.231. The maximum atomic E-state index is 12.0. The van der Waals surface area contributed by atoms with E-state index in [-0.39, 0.29) is 18.9 Å². The summed E-state index contributed by atoms with van der Waals surface area (Å²) in [5, 5.41) is 3.41. The lowest BCUT2D eigenvalue weighted by Gasteiger charge is -2.28. The molecule has 1 aliphatic heterocycles. The van der Waals surface area contributed by atoms with Crippen molar-refractivity contribution in [1.29, 1.82) is 0 Å². The van der Waals surface area contributed by atoms with Crippen LogP contribution in [-0.2, 0) is 19.1 Å². The Balaban J connectivity index is 1.34. The van der Waals surface area contributed by atoms with Crippen LogP contribution in [0, 0.1) is 0 Å². The molecule has 1 fully saturated rings. The molecule has 1 heterocycles. The number of morpholine rings is 1. The van der Waals surface area contributed by atoms with Gasteiger partial charge in [0.25, 0.3) is 5.91 Å². The summed E-state index contributed by atoms with van der Waals surface area (Å²) in [6.45, 7) is 2.87. The minimum absolute atomic E-state index is 0.231. The standard InChI is InChI=1S/C21H23ClN2O4S/c22-16-1-7-19(8-2-16)29-14-9-21(26)28-15-20(25)23-17-3-5-18(6-4-17)24-10-12-27-13-11-24/h1-8H,9-15H2,(H,23,25). The third-order valence-corrected chi connectivity index (χ3v) is 5.55. The highest BCUT2D eigenvalue weighted by Gasteiger charge is 2.12. The number of ether oxygens (including phenoxy) is 2. The first-order valence-corrected chi connectivity index (χ1v) is 10.7. The number of esters is 1. The van der Waals surface area contributed by atoms with Crippen LogP contribution in [0.5, 0.6) is 0 Å². The molecule has 0 unspecified atom stereocenters. The van der Waals surface area contributed by atoms with Crippen LogP contribution < -0.4 is 10.2 Å². The molecule has 6 nitrogen and oxygen atoms in total. The lowest BCUT2D eigenvalue weighted by atomic mass is 10.2. The molecule has 29 heavy (non-hydrogen) atoms. The van der Waals surface area contributed by atoms with Crippen LogP contribution in [0.15, 0.2) is 53.4 Å². The monoisotopic (exact) mass is 434 g/mol. The number of halogens is 1. The van der Waals surface area contributed by atoms with Crippen molar-refractivity contribution in [3.8, 4) is 0 Å². The highest BCUT2D eigenvalue weighted by atomic mass is 35.5. The molecule has 0 spiro atoms. The highest BCUT2D eigenvalue weighted by molar-refractivity contribution is 7.99. The number of thioether (sulfide) groups is 1. The summed E-state index contributed by atoms with van der Waals surface area (Å²) in [7, 11) is 0. The van der Waals surface area contributed by atoms with Crippen molar-refractivity contribution < 1.29 is 19.1 Å². The molecule has 1 aliphatic rings. The van der Waals surface area contributed by atoms with Crippen LogP contribution in [0.2, 0.25) is 5.02 Å². The van der Waals surface area contributed by atoms with Crippen LogP contribution in [0.1, 0.15) is 6.42 Å². The second-order valence-electron chi connectivity index (χ2n) is 6.41. The van der Waals surface area contributed by atoms with E-state index in [1.54, 1.807) is 12.1 Å². The van der Waals surface area contributed by atoms with Gasteiger partial charge in [0, 0.05) is 40.1 Å². The summed E-state index contributed by atoms with van der Waals surface area (Å²) < 4.78 is 10.4. The zero-order valence-corrected chi connectivity index (χ0v) is 17.5. The second-order valence-corrected chi connectivity index (χ2v) is 8.01. The first-order valence-electron chi connectivity index (χ1n) is 9.37. The number of carbonyl (C=O) groups excluding carboxylic acids is 2. The van der Waals surface area contributed by atoms with E-state index in [4.69, 9.17) is 21.1 Å². The van der Waals surface area contributed by atoms with Crippen molar-refractivity contribution in [3.05, 3.63) is 53.6 Å². The lowest BCUT2D eigenvalue weighted by molar-refractivity contribution is -0.146. The van der Waals surface area contributed by atoms with Gasteiger partial charge < -0.3 is 19.7 Å². The van der Waals surface area contributed by atoms with Crippen molar-refractivity contribution >= 4 is 46.6 Å². The van der Waals surface area contributed by atoms with Crippen molar-refractivity contribution in [2.24, 2.45) is 0 Å². The number of nitrogens with zero attached hydrogens (tertiary/aromatic N) is 1. The van der Waals surface area contributed by atoms with Crippen LogP contribution in [0.4, 0.5) is 11.4 Å². The largest absolute Gasteiger partial charge is 0.456 e. The highest BCUT2D eigenvalue weighted by Crippen LogP contribution is 2.21. The number of carbonyl (C=O) groups is 2. The van der Waals surface area contributed by atoms with E-state index in [0.717, 1.165) is 36.9 Å². The van der Waals surface area contributed by atoms with Gasteiger partial charge in [-0.15, -0.1) is 11.8 Å². The zero-order chi connectivity index (χ0) is 20.5. The Labute approximate surface area is 179 Å². The molecule has 8 heteroatoms. The van der Waals surface area contributed by atoms with Gasteiger partial charge in [-0.25, -0.2) is 0 Å². The minimum Gasteiger partial charge on any atom is -0.456 e. The third-order valence-electron chi connectivity index (χ3n) is 4.28. The molecule has 1 N–H and O–H groups in total. The predicted octanol–water partition coefficient (Wildman–Crippen LogP) is 3.84. The topological polar surface area (TPSA) is 67.9 Å². The van der Waals surface area contributed by atoms with Crippen molar-refractivity contribution in [1.82, 2.24) is 0 Å². The van der Waals surface area contributed by atoms with Crippen LogP contribution in [0.3, 0.4) is 0 Å². The van der Waals surface area contributed by atoms with Gasteiger partial charge >= 0.3 is 5.97 Å². The Morgan fingerprint density at radius 2 is 1.76 bits per heavy atom. The fourth-order valence-corrected chi connectivity index (χ4v) is 3.73. The first-order chi connectivity index (χ1) is 14.1. The Hall–Kier alpha value is -2.22. The van der Waals surface area contributed by atoms with Crippen molar-refractivity contribution in [2.75, 3.05) is 48.9 Å². The molecule has 0 aromatic heterocycles. The van der Waals surface area contributed by atoms with Gasteiger partial charge in [0.2, 0.25) is 0 Å². The van der Waals surface area contributed by atoms with Gasteiger partial charge in [0.15, 0.2) is 6.61 Å². The summed E-state index contributed by atoms with van der Waals surface area (Å²) >= 11 is 7.38. The van der Waals surface area contributed by atoms with Gasteiger partial charge in [-0.1, -0.05) is 11.6 Å². The van der Waals surface area contributed by atoms with Gasteiger partial charge in [0.05, 0.1) is 19.6 Å². The quantitative estimate of drug-likeness (QED) is 0.503. The fourth-order valence-electron chi connectivity index (χ4n) is 2.78. The van der Waals surface area contributed by atoms with E-state index >= 15 is 0 Å². The predicted molar refractivity (Wildman–Crippen MR) is 116 cm³/mol. The third kappa shape index (κ3) is 7.27. The van der Waals surface area contributed by atoms with Crippen LogP contribution >= 0.6 is 23.4 Å². The second kappa shape index (κ2) is 11.1. The number of benzene rings is 2. The van der Waals surface area contributed by atoms with Crippen LogP contribution in [0.25, 0.3) is 0 Å². The normalized spacial score (nSPS) is 13.8. The summed E-state index contributed by atoms with van der Waals surface area (Å²) in [4.78, 5) is 27.1. The maximum Gasteiger partial charge on any atom is 0.307 e. The smallest absolute Gasteiger partial charge is 0.307 e. The molecule has 0 radical (unpaired) electrons. The van der Waals surface area contributed by atoms with Crippen LogP contribution in [-0.4, -0.2) is 50.5 Å². The molecule has 2 aromatic carbocycles. The lowest BCUT2D eigenvalue weighted by Crippen LogP contribution is -2.36. The van der Waals surface area contributed by atoms with Crippen molar-refractivity contribution in [2.45, 2.75) is 11.3 Å². The zero-order valence-electron chi connectivity index (χ0n) is 15.9. The Morgan fingerprint density at radius 1 is 1.07 bits per heavy atom. The maximum absolute atomic E-state index is 12.0. The van der Waals surface area contributed by atoms with Gasteiger partial charge in [-0.2, -0.15) is 0 Å². The molecule has 0 bridgehead atoms. The minimum atomic E-state index is -0.399. The van der Waals surface area contributed by atoms with Crippen molar-refractivity contribution in [3.63, 3.8) is 0 Å². The number of nitrogens with one attached hydrogen (secondary N) is 1. The number of anilines is 2. The molecule has 0 aliphatic carbocycles. The van der Waals surface area contributed by atoms with E-state index in [9.17, 15) is 9.59 Å². The molecule has 1 saturated heterocycles. The first kappa shape index (κ1) is 21.5. The average molecular weight is 435 g/mol. The number of rotatable bonds is 8. The summed E-state index contributed by atoms with van der Waals surface area (Å²) in [6, 6.07) is 15.0. The molecule has 0 saturated carbocycles. The average Bonchev–Trinajstić information content (AvgIpc) is 2.75. The number of hydrogen-bond donors (Lipinski definition) is 1. The van der Waals surface area contributed by atoms with E-state index in [1.807, 2.05) is 36.4 Å². The summed E-state index contributed by atoms with van der Waals surface area (Å²) in [5.74, 6) is -0.183. The van der Waals surface area contributed by atoms with Gasteiger partial charge in [-0.3, -0.25) is 9.59 Å². The molecule has 1 amide bonds. The van der Waals surface area contributed by atoms with Gasteiger partial charge in [-0.05, 0) is 48.5 Å². The SMILES string of the molecule is O=C(COC(=O)CCSc1ccc(Cl)cc1)Nc1ccc(N2CCOCC2)cc1. The molecule has 154 valence electrons. The molecular formula is C21H23ClN2O4S. The number of hydrogen-bond acceptors (Lipinski definition) is 6. The van der Waals surface area contributed by atoms with E-state index < -0.39 is 5.97 Å². The molecule has 2 aromatic rings. The Morgan fingerprint density at radius 3 is 2.45 bits per heavy atom.